The number of nitrogens with zero attached hydrogens (tertiary/aromatic N) is 6. The SMILES string of the molecule is CC(C)C1(C(C)(C)C)n2cc[n+](c2)CC(=O)N(C)[C@@H]2CCCC[C@H]2N(C)C(=O)C[n+]2ccn1c2. The second kappa shape index (κ2) is 8.86. The number of amides is 2. The van der Waals surface area contributed by atoms with Crippen LogP contribution in [0.5, 0.6) is 0 Å². The number of carbonyl (C=O) groups is 2. The van der Waals surface area contributed by atoms with Gasteiger partial charge in [-0.05, 0) is 12.8 Å². The molecule has 3 heterocycles. The molecule has 8 nitrogen and oxygen atoms in total. The zero-order chi connectivity index (χ0) is 24.8. The van der Waals surface area contributed by atoms with Crippen LogP contribution < -0.4 is 9.13 Å². The van der Waals surface area contributed by atoms with Crippen LogP contribution in [0.25, 0.3) is 0 Å². The van der Waals surface area contributed by atoms with E-state index >= 15 is 0 Å². The third-order valence-electron chi connectivity index (χ3n) is 8.19. The van der Waals surface area contributed by atoms with Gasteiger partial charge in [-0.2, -0.15) is 9.13 Å². The molecular formula is C26H42N6O2+2. The first kappa shape index (κ1) is 24.5. The Balaban J connectivity index is 1.86. The van der Waals surface area contributed by atoms with E-state index in [4.69, 9.17) is 0 Å². The molecule has 186 valence electrons. The highest BCUT2D eigenvalue weighted by Gasteiger charge is 2.56. The maximum Gasteiger partial charge on any atom is 0.264 e. The largest absolute Gasteiger partial charge is 0.337 e. The van der Waals surface area contributed by atoms with Gasteiger partial charge in [-0.3, -0.25) is 9.59 Å². The highest BCUT2D eigenvalue weighted by Crippen LogP contribution is 2.44. The quantitative estimate of drug-likeness (QED) is 0.599. The molecule has 2 aromatic heterocycles. The van der Waals surface area contributed by atoms with Crippen molar-refractivity contribution in [3.8, 4) is 0 Å². The summed E-state index contributed by atoms with van der Waals surface area (Å²) in [7, 11) is 3.81. The van der Waals surface area contributed by atoms with Gasteiger partial charge in [0.1, 0.15) is 24.8 Å². The van der Waals surface area contributed by atoms with Crippen LogP contribution in [-0.4, -0.2) is 56.9 Å². The van der Waals surface area contributed by atoms with Crippen LogP contribution in [0.1, 0.15) is 60.3 Å². The minimum Gasteiger partial charge on any atom is -0.337 e. The zero-order valence-corrected chi connectivity index (χ0v) is 21.9. The first-order valence-electron chi connectivity index (χ1n) is 12.6. The van der Waals surface area contributed by atoms with Gasteiger partial charge in [0.2, 0.25) is 12.7 Å². The first-order valence-corrected chi connectivity index (χ1v) is 12.6. The van der Waals surface area contributed by atoms with Gasteiger partial charge >= 0.3 is 0 Å². The Morgan fingerprint density at radius 1 is 0.853 bits per heavy atom. The Morgan fingerprint density at radius 3 is 1.62 bits per heavy atom. The maximum atomic E-state index is 13.4. The molecule has 1 aliphatic carbocycles. The molecule has 0 radical (unpaired) electrons. The number of hydrogen-bond acceptors (Lipinski definition) is 2. The Hall–Kier alpha value is -2.64. The van der Waals surface area contributed by atoms with E-state index in [2.05, 4.69) is 68.8 Å². The van der Waals surface area contributed by atoms with Crippen molar-refractivity contribution in [2.24, 2.45) is 11.3 Å². The summed E-state index contributed by atoms with van der Waals surface area (Å²) in [5, 5.41) is 0. The fraction of sp³-hybridized carbons (Fsp3) is 0.692. The van der Waals surface area contributed by atoms with Gasteiger partial charge in [0.25, 0.3) is 17.5 Å². The minimum absolute atomic E-state index is 0.0435. The van der Waals surface area contributed by atoms with Gasteiger partial charge in [-0.1, -0.05) is 47.5 Å². The van der Waals surface area contributed by atoms with E-state index in [9.17, 15) is 9.59 Å². The lowest BCUT2D eigenvalue weighted by atomic mass is 9.73. The smallest absolute Gasteiger partial charge is 0.264 e. The van der Waals surface area contributed by atoms with E-state index in [1.807, 2.05) is 45.4 Å². The summed E-state index contributed by atoms with van der Waals surface area (Å²) in [5.41, 5.74) is -0.582. The van der Waals surface area contributed by atoms with Crippen molar-refractivity contribution < 1.29 is 18.7 Å². The molecule has 0 unspecified atom stereocenters. The second-order valence-corrected chi connectivity index (χ2v) is 11.5. The van der Waals surface area contributed by atoms with Gasteiger partial charge in [0.05, 0.1) is 12.1 Å². The normalized spacial score (nSPS) is 24.1. The van der Waals surface area contributed by atoms with Crippen LogP contribution in [-0.2, 0) is 28.3 Å². The molecule has 0 N–H and O–H groups in total. The van der Waals surface area contributed by atoms with E-state index in [1.165, 1.54) is 0 Å². The van der Waals surface area contributed by atoms with Gasteiger partial charge in [-0.15, -0.1) is 0 Å². The molecule has 2 aliphatic rings. The summed E-state index contributed by atoms with van der Waals surface area (Å²) in [6, 6.07) is 0.0869. The fourth-order valence-corrected chi connectivity index (χ4v) is 6.65. The molecule has 34 heavy (non-hydrogen) atoms. The predicted molar refractivity (Wildman–Crippen MR) is 129 cm³/mol. The summed E-state index contributed by atoms with van der Waals surface area (Å²) in [4.78, 5) is 30.5. The summed E-state index contributed by atoms with van der Waals surface area (Å²) in [5.74, 6) is 0.404. The Kier molecular flexibility index (Phi) is 6.38. The molecule has 2 aromatic rings. The van der Waals surface area contributed by atoms with Crippen molar-refractivity contribution in [3.05, 3.63) is 37.4 Å². The molecular weight excluding hydrogens is 428 g/mol. The van der Waals surface area contributed by atoms with Crippen molar-refractivity contribution in [1.82, 2.24) is 18.9 Å². The molecule has 0 saturated heterocycles. The van der Waals surface area contributed by atoms with Crippen molar-refractivity contribution >= 4 is 11.8 Å². The zero-order valence-electron chi connectivity index (χ0n) is 21.9. The maximum absolute atomic E-state index is 13.4. The lowest BCUT2D eigenvalue weighted by Crippen LogP contribution is -2.57. The molecule has 4 bridgehead atoms. The number of aromatic nitrogens is 4. The van der Waals surface area contributed by atoms with Gasteiger partial charge in [0.15, 0.2) is 13.1 Å². The van der Waals surface area contributed by atoms with Crippen molar-refractivity contribution in [2.45, 2.75) is 91.1 Å². The van der Waals surface area contributed by atoms with Crippen LogP contribution >= 0.6 is 0 Å². The Bertz CT molecular complexity index is 976. The van der Waals surface area contributed by atoms with E-state index in [0.29, 0.717) is 0 Å². The van der Waals surface area contributed by atoms with E-state index in [0.717, 1.165) is 25.7 Å². The van der Waals surface area contributed by atoms with E-state index in [1.54, 1.807) is 0 Å². The highest BCUT2D eigenvalue weighted by molar-refractivity contribution is 5.76. The Morgan fingerprint density at radius 2 is 1.26 bits per heavy atom. The van der Waals surface area contributed by atoms with E-state index < -0.39 is 5.66 Å². The number of imidazole rings is 2. The summed E-state index contributed by atoms with van der Waals surface area (Å²) < 4.78 is 8.47. The summed E-state index contributed by atoms with van der Waals surface area (Å²) in [6.07, 6.45) is 16.3. The molecule has 0 spiro atoms. The van der Waals surface area contributed by atoms with Crippen molar-refractivity contribution in [2.75, 3.05) is 14.1 Å². The van der Waals surface area contributed by atoms with Crippen LogP contribution in [0, 0.1) is 11.3 Å². The van der Waals surface area contributed by atoms with Crippen molar-refractivity contribution in [1.29, 1.82) is 0 Å². The monoisotopic (exact) mass is 470 g/mol. The van der Waals surface area contributed by atoms with Crippen LogP contribution in [0.2, 0.25) is 0 Å². The van der Waals surface area contributed by atoms with E-state index in [-0.39, 0.29) is 48.3 Å². The fourth-order valence-electron chi connectivity index (χ4n) is 6.65. The lowest BCUT2D eigenvalue weighted by Gasteiger charge is -2.42. The molecule has 4 rings (SSSR count). The highest BCUT2D eigenvalue weighted by atomic mass is 16.2. The molecule has 2 amide bonds. The van der Waals surface area contributed by atoms with Gasteiger partial charge in [0, 0.05) is 25.4 Å². The number of fused-ring (bicyclic) bond motifs is 5. The Labute approximate surface area is 203 Å². The molecule has 1 saturated carbocycles. The number of hydrogen-bond donors (Lipinski definition) is 0. The number of carbonyl (C=O) groups excluding carboxylic acids is 2. The molecule has 0 aromatic carbocycles. The topological polar surface area (TPSA) is 58.2 Å². The average molecular weight is 471 g/mol. The molecule has 1 fully saturated rings. The summed E-state index contributed by atoms with van der Waals surface area (Å²) >= 11 is 0. The molecule has 8 heteroatoms. The van der Waals surface area contributed by atoms with Crippen molar-refractivity contribution in [3.63, 3.8) is 0 Å². The van der Waals surface area contributed by atoms with Gasteiger partial charge in [-0.25, -0.2) is 9.13 Å². The second-order valence-electron chi connectivity index (χ2n) is 11.5. The van der Waals surface area contributed by atoms with Crippen LogP contribution in [0.4, 0.5) is 0 Å². The number of rotatable bonds is 1. The third kappa shape index (κ3) is 3.95. The molecule has 1 aliphatic heterocycles. The summed E-state index contributed by atoms with van der Waals surface area (Å²) in [6.45, 7) is 11.8. The van der Waals surface area contributed by atoms with Crippen LogP contribution in [0.15, 0.2) is 37.4 Å². The predicted octanol–water partition coefficient (Wildman–Crippen LogP) is 2.01. The molecule has 2 atom stereocenters. The average Bonchev–Trinajstić information content (AvgIpc) is 3.41. The first-order chi connectivity index (χ1) is 16.0. The minimum atomic E-state index is -0.429. The third-order valence-corrected chi connectivity index (χ3v) is 8.19. The standard InChI is InChI=1S/C26H42N6O2/c1-20(2)26(25(3,4)5)31-14-12-29(18-31)16-23(33)27(6)21-10-8-9-11-22(21)28(7)24(34)17-30-13-15-32(26)19-30/h12-15,18-22H,8-11,16-17H2,1-7H3/q+2/t21-,22-/m1/s1. The number of likely N-dealkylation sites (N-methyl/N-ethyl adjacent to an activating group) is 2. The lowest BCUT2D eigenvalue weighted by molar-refractivity contribution is -0.686. The van der Waals surface area contributed by atoms with Gasteiger partial charge < -0.3 is 9.80 Å². The van der Waals surface area contributed by atoms with Crippen LogP contribution in [0.3, 0.4) is 0 Å².